The standard InChI is InChI=1S/C34H37N3O7/c1-7-9-26-18-25(19-31(41-8-2)32(26)43-24(5)34(39)40-6)20-35-36-33(38)30-17-16-29(44-30)21-42-28-14-12-27(13-15-28)37-22(3)10-11-23(37)4/h7,10-20,24H,1,8-9,21H2,2-6H3,(H,36,38)/b35-20+/t24-/m0/s1. The molecule has 0 aliphatic heterocycles. The van der Waals surface area contributed by atoms with Gasteiger partial charge in [0.25, 0.3) is 0 Å². The van der Waals surface area contributed by atoms with E-state index in [0.717, 1.165) is 22.6 Å². The average Bonchev–Trinajstić information content (AvgIpc) is 3.63. The normalized spacial score (nSPS) is 11.7. The molecule has 0 radical (unpaired) electrons. The highest BCUT2D eigenvalue weighted by Crippen LogP contribution is 2.34. The van der Waals surface area contributed by atoms with E-state index < -0.39 is 18.0 Å². The number of nitrogens with zero attached hydrogens (tertiary/aromatic N) is 2. The number of carbonyl (C=O) groups excluding carboxylic acids is 2. The van der Waals surface area contributed by atoms with Gasteiger partial charge >= 0.3 is 11.9 Å². The maximum absolute atomic E-state index is 12.7. The van der Waals surface area contributed by atoms with Crippen LogP contribution in [0.5, 0.6) is 17.2 Å². The summed E-state index contributed by atoms with van der Waals surface area (Å²) in [5.41, 5.74) is 7.22. The number of carbonyl (C=O) groups is 2. The third kappa shape index (κ3) is 7.77. The van der Waals surface area contributed by atoms with E-state index in [-0.39, 0.29) is 12.4 Å². The Morgan fingerprint density at radius 2 is 1.77 bits per heavy atom. The summed E-state index contributed by atoms with van der Waals surface area (Å²) in [5.74, 6) is 1.09. The molecule has 0 unspecified atom stereocenters. The van der Waals surface area contributed by atoms with Crippen LogP contribution in [0.4, 0.5) is 0 Å². The Labute approximate surface area is 256 Å². The minimum atomic E-state index is -0.838. The summed E-state index contributed by atoms with van der Waals surface area (Å²) in [6.07, 6.45) is 2.80. The van der Waals surface area contributed by atoms with Crippen LogP contribution in [0.3, 0.4) is 0 Å². The number of hydrogen-bond donors (Lipinski definition) is 1. The van der Waals surface area contributed by atoms with Crippen molar-refractivity contribution in [3.8, 4) is 22.9 Å². The molecule has 0 saturated heterocycles. The van der Waals surface area contributed by atoms with Gasteiger partial charge in [-0.25, -0.2) is 10.2 Å². The monoisotopic (exact) mass is 599 g/mol. The molecule has 2 aromatic heterocycles. The first-order valence-electron chi connectivity index (χ1n) is 14.2. The lowest BCUT2D eigenvalue weighted by Crippen LogP contribution is -2.25. The SMILES string of the molecule is C=CCc1cc(/C=N/NC(=O)c2ccc(COc3ccc(-n4c(C)ccc4C)cc3)o2)cc(OCC)c1O[C@@H](C)C(=O)OC. The zero-order valence-corrected chi connectivity index (χ0v) is 25.6. The van der Waals surface area contributed by atoms with Crippen molar-refractivity contribution in [2.45, 2.75) is 46.8 Å². The molecule has 1 amide bonds. The van der Waals surface area contributed by atoms with Crippen LogP contribution in [0.15, 0.2) is 82.8 Å². The lowest BCUT2D eigenvalue weighted by molar-refractivity contribution is -0.147. The van der Waals surface area contributed by atoms with E-state index in [1.165, 1.54) is 13.3 Å². The van der Waals surface area contributed by atoms with Crippen molar-refractivity contribution in [1.82, 2.24) is 9.99 Å². The predicted octanol–water partition coefficient (Wildman–Crippen LogP) is 6.10. The molecule has 4 aromatic rings. The number of ether oxygens (including phenoxy) is 4. The van der Waals surface area contributed by atoms with E-state index in [9.17, 15) is 9.59 Å². The molecule has 1 atom stereocenters. The van der Waals surface area contributed by atoms with Gasteiger partial charge in [0.2, 0.25) is 0 Å². The molecule has 10 nitrogen and oxygen atoms in total. The summed E-state index contributed by atoms with van der Waals surface area (Å²) in [4.78, 5) is 24.6. The largest absolute Gasteiger partial charge is 0.490 e. The molecule has 2 heterocycles. The Bertz CT molecular complexity index is 1610. The summed E-state index contributed by atoms with van der Waals surface area (Å²) >= 11 is 0. The molecule has 230 valence electrons. The van der Waals surface area contributed by atoms with Gasteiger partial charge in [0.1, 0.15) is 18.1 Å². The van der Waals surface area contributed by atoms with Crippen LogP contribution < -0.4 is 19.6 Å². The quantitative estimate of drug-likeness (QED) is 0.0807. The van der Waals surface area contributed by atoms with Crippen molar-refractivity contribution in [1.29, 1.82) is 0 Å². The van der Waals surface area contributed by atoms with Crippen molar-refractivity contribution in [2.75, 3.05) is 13.7 Å². The molecule has 0 aliphatic carbocycles. The molecule has 10 heteroatoms. The zero-order chi connectivity index (χ0) is 31.6. The van der Waals surface area contributed by atoms with Crippen LogP contribution in [-0.4, -0.2) is 42.5 Å². The van der Waals surface area contributed by atoms with Crippen LogP contribution in [0, 0.1) is 13.8 Å². The zero-order valence-electron chi connectivity index (χ0n) is 25.6. The highest BCUT2D eigenvalue weighted by Gasteiger charge is 2.21. The average molecular weight is 600 g/mol. The number of rotatable bonds is 14. The highest BCUT2D eigenvalue weighted by atomic mass is 16.6. The Kier molecular flexibility index (Phi) is 10.6. The lowest BCUT2D eigenvalue weighted by atomic mass is 10.1. The summed E-state index contributed by atoms with van der Waals surface area (Å²) in [7, 11) is 1.30. The number of aromatic nitrogens is 1. The molecule has 2 aromatic carbocycles. The van der Waals surface area contributed by atoms with Crippen molar-refractivity contribution in [2.24, 2.45) is 5.10 Å². The Morgan fingerprint density at radius 1 is 1.05 bits per heavy atom. The van der Waals surface area contributed by atoms with Crippen molar-refractivity contribution < 1.29 is 33.0 Å². The van der Waals surface area contributed by atoms with Crippen molar-refractivity contribution >= 4 is 18.1 Å². The second-order valence-corrected chi connectivity index (χ2v) is 9.92. The van der Waals surface area contributed by atoms with Crippen LogP contribution >= 0.6 is 0 Å². The maximum Gasteiger partial charge on any atom is 0.346 e. The van der Waals surface area contributed by atoms with Gasteiger partial charge < -0.3 is 27.9 Å². The summed E-state index contributed by atoms with van der Waals surface area (Å²) < 4.78 is 30.1. The minimum absolute atomic E-state index is 0.0950. The minimum Gasteiger partial charge on any atom is -0.490 e. The lowest BCUT2D eigenvalue weighted by Gasteiger charge is -2.19. The maximum atomic E-state index is 12.7. The molecule has 44 heavy (non-hydrogen) atoms. The first-order chi connectivity index (χ1) is 21.2. The van der Waals surface area contributed by atoms with Crippen LogP contribution in [0.1, 0.15) is 52.7 Å². The fourth-order valence-corrected chi connectivity index (χ4v) is 4.57. The third-order valence-corrected chi connectivity index (χ3v) is 6.66. The topological polar surface area (TPSA) is 114 Å². The Morgan fingerprint density at radius 3 is 2.43 bits per heavy atom. The predicted molar refractivity (Wildman–Crippen MR) is 167 cm³/mol. The molecule has 1 N–H and O–H groups in total. The van der Waals surface area contributed by atoms with E-state index >= 15 is 0 Å². The summed E-state index contributed by atoms with van der Waals surface area (Å²) in [6, 6.07) is 18.7. The number of amides is 1. The molecule has 0 bridgehead atoms. The number of furan rings is 1. The van der Waals surface area contributed by atoms with Crippen LogP contribution in [0.2, 0.25) is 0 Å². The summed E-state index contributed by atoms with van der Waals surface area (Å²) in [5, 5.41) is 4.08. The van der Waals surface area contributed by atoms with E-state index in [1.807, 2.05) is 37.3 Å². The summed E-state index contributed by atoms with van der Waals surface area (Å²) in [6.45, 7) is 11.9. The van der Waals surface area contributed by atoms with Gasteiger partial charge in [-0.05, 0) is 100 Å². The smallest absolute Gasteiger partial charge is 0.346 e. The van der Waals surface area contributed by atoms with E-state index in [0.29, 0.717) is 41.6 Å². The number of allylic oxidation sites excluding steroid dienone is 1. The third-order valence-electron chi connectivity index (χ3n) is 6.66. The van der Waals surface area contributed by atoms with E-state index in [1.54, 1.807) is 31.2 Å². The van der Waals surface area contributed by atoms with E-state index in [2.05, 4.69) is 47.7 Å². The highest BCUT2D eigenvalue weighted by molar-refractivity contribution is 5.92. The molecule has 0 aliphatic rings. The fourth-order valence-electron chi connectivity index (χ4n) is 4.57. The van der Waals surface area contributed by atoms with E-state index in [4.69, 9.17) is 23.4 Å². The van der Waals surface area contributed by atoms with Gasteiger partial charge in [0, 0.05) is 22.6 Å². The number of methoxy groups -OCH3 is 1. The number of aryl methyl sites for hydroxylation is 2. The van der Waals surface area contributed by atoms with Gasteiger partial charge in [0.05, 0.1) is 19.9 Å². The number of hydrogen-bond acceptors (Lipinski definition) is 8. The molecular formula is C34H37N3O7. The van der Waals surface area contributed by atoms with Gasteiger partial charge in [-0.2, -0.15) is 5.10 Å². The van der Waals surface area contributed by atoms with Gasteiger partial charge in [-0.1, -0.05) is 6.08 Å². The molecule has 0 saturated carbocycles. The molecule has 0 spiro atoms. The molecular weight excluding hydrogens is 562 g/mol. The van der Waals surface area contributed by atoms with Gasteiger partial charge in [0.15, 0.2) is 23.4 Å². The van der Waals surface area contributed by atoms with Crippen molar-refractivity contribution in [3.05, 3.63) is 107 Å². The Balaban J connectivity index is 1.38. The van der Waals surface area contributed by atoms with Crippen molar-refractivity contribution in [3.63, 3.8) is 0 Å². The van der Waals surface area contributed by atoms with Gasteiger partial charge in [-0.3, -0.25) is 4.79 Å². The number of nitrogens with one attached hydrogen (secondary N) is 1. The Hall–Kier alpha value is -5.25. The number of benzene rings is 2. The number of hydrazone groups is 1. The van der Waals surface area contributed by atoms with Gasteiger partial charge in [-0.15, -0.1) is 6.58 Å². The number of esters is 1. The van der Waals surface area contributed by atoms with Crippen LogP contribution in [-0.2, 0) is 22.6 Å². The first-order valence-corrected chi connectivity index (χ1v) is 14.2. The second-order valence-electron chi connectivity index (χ2n) is 9.92. The fraction of sp³-hybridized carbons (Fsp3) is 0.265. The molecule has 0 fully saturated rings. The second kappa shape index (κ2) is 14.8. The first kappa shape index (κ1) is 31.7. The van der Waals surface area contributed by atoms with Crippen LogP contribution in [0.25, 0.3) is 5.69 Å². The molecule has 4 rings (SSSR count).